The average Bonchev–Trinajstić information content (AvgIpc) is 2.77. The summed E-state index contributed by atoms with van der Waals surface area (Å²) >= 11 is 0. The first kappa shape index (κ1) is 22.5. The minimum atomic E-state index is 0.354. The molecule has 3 saturated heterocycles. The standard InChI is InChI=1S/2C12H23NO/c1-8(2)12-13(9(3)4)11-5-10(6-11)7-14-12;1-8(2)12-13(9(3)4)10-5-6-11(7-10)14-12/h2*8-12H,5-7H2,1-4H3. The van der Waals surface area contributed by atoms with Gasteiger partial charge in [0.25, 0.3) is 0 Å². The Kier molecular flexibility index (Phi) is 7.50. The van der Waals surface area contributed by atoms with Crippen LogP contribution in [0, 0.1) is 17.8 Å². The van der Waals surface area contributed by atoms with E-state index in [0.29, 0.717) is 42.5 Å². The summed E-state index contributed by atoms with van der Waals surface area (Å²) in [6.45, 7) is 19.2. The lowest BCUT2D eigenvalue weighted by molar-refractivity contribution is -0.169. The summed E-state index contributed by atoms with van der Waals surface area (Å²) in [5.41, 5.74) is 0. The molecule has 2 saturated carbocycles. The fourth-order valence-corrected chi connectivity index (χ4v) is 5.86. The van der Waals surface area contributed by atoms with Crippen LogP contribution in [0.15, 0.2) is 0 Å². The van der Waals surface area contributed by atoms with Crippen molar-refractivity contribution in [1.82, 2.24) is 9.80 Å². The quantitative estimate of drug-likeness (QED) is 0.661. The fourth-order valence-electron chi connectivity index (χ4n) is 5.86. The predicted molar refractivity (Wildman–Crippen MR) is 116 cm³/mol. The van der Waals surface area contributed by atoms with Gasteiger partial charge in [0.15, 0.2) is 0 Å². The second-order valence-corrected chi connectivity index (χ2v) is 10.9. The van der Waals surface area contributed by atoms with E-state index in [1.807, 2.05) is 0 Å². The summed E-state index contributed by atoms with van der Waals surface area (Å²) in [5, 5.41) is 0. The first-order valence-electron chi connectivity index (χ1n) is 12.0. The van der Waals surface area contributed by atoms with Gasteiger partial charge >= 0.3 is 0 Å². The highest BCUT2D eigenvalue weighted by Gasteiger charge is 2.44. The van der Waals surface area contributed by atoms with Gasteiger partial charge in [-0.1, -0.05) is 27.7 Å². The summed E-state index contributed by atoms with van der Waals surface area (Å²) in [5.74, 6) is 2.07. The van der Waals surface area contributed by atoms with Crippen molar-refractivity contribution in [2.24, 2.45) is 17.8 Å². The zero-order valence-corrected chi connectivity index (χ0v) is 19.7. The Morgan fingerprint density at radius 3 is 1.79 bits per heavy atom. The van der Waals surface area contributed by atoms with Crippen LogP contribution >= 0.6 is 0 Å². The SMILES string of the molecule is CC(C)C1OC2CCC(C2)N1C(C)C.CC(C)C1OCC2CC(C2)N1C(C)C. The second kappa shape index (κ2) is 9.32. The number of ether oxygens (including phenoxy) is 2. The highest BCUT2D eigenvalue weighted by Crippen LogP contribution is 2.40. The third kappa shape index (κ3) is 4.77. The number of hydrogen-bond donors (Lipinski definition) is 0. The maximum atomic E-state index is 6.14. The molecule has 0 radical (unpaired) electrons. The van der Waals surface area contributed by atoms with Gasteiger partial charge in [0, 0.05) is 24.2 Å². The molecule has 164 valence electrons. The van der Waals surface area contributed by atoms with Gasteiger partial charge < -0.3 is 9.47 Å². The Labute approximate surface area is 174 Å². The molecule has 0 amide bonds. The summed E-state index contributed by atoms with van der Waals surface area (Å²) in [6.07, 6.45) is 7.88. The molecule has 3 heterocycles. The lowest BCUT2D eigenvalue weighted by atomic mass is 9.80. The number of fused-ring (bicyclic) bond motifs is 5. The molecule has 0 aromatic rings. The minimum Gasteiger partial charge on any atom is -0.363 e. The molecule has 4 unspecified atom stereocenters. The van der Waals surface area contributed by atoms with Crippen molar-refractivity contribution in [3.8, 4) is 0 Å². The van der Waals surface area contributed by atoms with Gasteiger partial charge in [0.05, 0.1) is 12.7 Å². The van der Waals surface area contributed by atoms with Crippen LogP contribution in [-0.2, 0) is 9.47 Å². The third-order valence-electron chi connectivity index (χ3n) is 7.17. The van der Waals surface area contributed by atoms with Crippen LogP contribution in [0.3, 0.4) is 0 Å². The van der Waals surface area contributed by atoms with E-state index < -0.39 is 0 Å². The number of rotatable bonds is 4. The maximum absolute atomic E-state index is 6.14. The molecule has 4 nitrogen and oxygen atoms in total. The molecule has 4 heteroatoms. The summed E-state index contributed by atoms with van der Waals surface area (Å²) in [6, 6.07) is 2.83. The fraction of sp³-hybridized carbons (Fsp3) is 1.00. The van der Waals surface area contributed by atoms with Gasteiger partial charge in [0.2, 0.25) is 0 Å². The molecule has 4 bridgehead atoms. The Bertz CT molecular complexity index is 468. The van der Waals surface area contributed by atoms with Gasteiger partial charge in [-0.3, -0.25) is 9.80 Å². The lowest BCUT2D eigenvalue weighted by Gasteiger charge is -2.45. The van der Waals surface area contributed by atoms with Gasteiger partial charge in [-0.05, 0) is 77.6 Å². The van der Waals surface area contributed by atoms with Crippen molar-refractivity contribution in [2.75, 3.05) is 6.61 Å². The van der Waals surface area contributed by atoms with E-state index >= 15 is 0 Å². The van der Waals surface area contributed by atoms with Gasteiger partial charge in [-0.15, -0.1) is 0 Å². The van der Waals surface area contributed by atoms with Gasteiger partial charge in [-0.2, -0.15) is 0 Å². The second-order valence-electron chi connectivity index (χ2n) is 10.9. The van der Waals surface area contributed by atoms with Crippen LogP contribution in [-0.4, -0.2) is 59.1 Å². The van der Waals surface area contributed by atoms with Crippen LogP contribution in [0.2, 0.25) is 0 Å². The first-order valence-corrected chi connectivity index (χ1v) is 12.0. The molecule has 28 heavy (non-hydrogen) atoms. The molecule has 2 aliphatic carbocycles. The predicted octanol–water partition coefficient (Wildman–Crippen LogP) is 5.12. The zero-order chi connectivity index (χ0) is 20.6. The third-order valence-corrected chi connectivity index (χ3v) is 7.17. The van der Waals surface area contributed by atoms with E-state index in [4.69, 9.17) is 9.47 Å². The topological polar surface area (TPSA) is 24.9 Å². The van der Waals surface area contributed by atoms with E-state index in [1.165, 1.54) is 32.1 Å². The van der Waals surface area contributed by atoms with Crippen molar-refractivity contribution in [1.29, 1.82) is 0 Å². The highest BCUT2D eigenvalue weighted by atomic mass is 16.5. The maximum Gasteiger partial charge on any atom is 0.113 e. The summed E-state index contributed by atoms with van der Waals surface area (Å²) < 4.78 is 12.2. The van der Waals surface area contributed by atoms with Crippen LogP contribution in [0.5, 0.6) is 0 Å². The Morgan fingerprint density at radius 2 is 1.25 bits per heavy atom. The number of hydrogen-bond acceptors (Lipinski definition) is 4. The Hall–Kier alpha value is -0.160. The van der Waals surface area contributed by atoms with Crippen LogP contribution in [0.4, 0.5) is 0 Å². The smallest absolute Gasteiger partial charge is 0.113 e. The van der Waals surface area contributed by atoms with Crippen molar-refractivity contribution in [3.05, 3.63) is 0 Å². The summed E-state index contributed by atoms with van der Waals surface area (Å²) in [4.78, 5) is 5.18. The monoisotopic (exact) mass is 394 g/mol. The van der Waals surface area contributed by atoms with Crippen LogP contribution in [0.1, 0.15) is 87.5 Å². The summed E-state index contributed by atoms with van der Waals surface area (Å²) in [7, 11) is 0. The van der Waals surface area contributed by atoms with Crippen molar-refractivity contribution >= 4 is 0 Å². The van der Waals surface area contributed by atoms with E-state index in [9.17, 15) is 0 Å². The van der Waals surface area contributed by atoms with Crippen molar-refractivity contribution < 1.29 is 9.47 Å². The molecule has 0 N–H and O–H groups in total. The molecule has 3 aliphatic heterocycles. The largest absolute Gasteiger partial charge is 0.363 e. The van der Waals surface area contributed by atoms with Crippen molar-refractivity contribution in [3.63, 3.8) is 0 Å². The van der Waals surface area contributed by atoms with E-state index in [0.717, 1.165) is 24.6 Å². The molecule has 5 fully saturated rings. The van der Waals surface area contributed by atoms with Gasteiger partial charge in [0.1, 0.15) is 12.5 Å². The lowest BCUT2D eigenvalue weighted by Crippen LogP contribution is -2.53. The molecule has 4 atom stereocenters. The first-order chi connectivity index (χ1) is 13.2. The van der Waals surface area contributed by atoms with Gasteiger partial charge in [-0.25, -0.2) is 0 Å². The Morgan fingerprint density at radius 1 is 0.679 bits per heavy atom. The normalized spacial score (nSPS) is 38.6. The minimum absolute atomic E-state index is 0.354. The molecule has 5 rings (SSSR count). The highest BCUT2D eigenvalue weighted by molar-refractivity contribution is 4.93. The van der Waals surface area contributed by atoms with Crippen LogP contribution < -0.4 is 0 Å². The molecule has 0 aromatic heterocycles. The van der Waals surface area contributed by atoms with E-state index in [-0.39, 0.29) is 0 Å². The molecule has 0 aromatic carbocycles. The molecule has 5 aliphatic rings. The number of nitrogens with zero attached hydrogens (tertiary/aromatic N) is 2. The van der Waals surface area contributed by atoms with E-state index in [1.54, 1.807) is 0 Å². The zero-order valence-electron chi connectivity index (χ0n) is 19.7. The van der Waals surface area contributed by atoms with E-state index in [2.05, 4.69) is 65.2 Å². The average molecular weight is 395 g/mol. The van der Waals surface area contributed by atoms with Crippen molar-refractivity contribution in [2.45, 2.75) is 130 Å². The van der Waals surface area contributed by atoms with Crippen LogP contribution in [0.25, 0.3) is 0 Å². The Balaban J connectivity index is 0.000000161. The molecular formula is C24H46N2O2. The molecular weight excluding hydrogens is 348 g/mol. The molecule has 0 spiro atoms.